The molecule has 0 aliphatic heterocycles. The van der Waals surface area contributed by atoms with Crippen LogP contribution in [0.1, 0.15) is 6.92 Å². The Morgan fingerprint density at radius 1 is 1.78 bits per heavy atom. The van der Waals surface area contributed by atoms with Gasteiger partial charge in [0.1, 0.15) is 6.61 Å². The van der Waals surface area contributed by atoms with Crippen molar-refractivity contribution in [3.05, 3.63) is 12.3 Å². The summed E-state index contributed by atoms with van der Waals surface area (Å²) in [4.78, 5) is 3.62. The summed E-state index contributed by atoms with van der Waals surface area (Å²) in [5.41, 5.74) is 2.25. The van der Waals surface area contributed by atoms with Crippen LogP contribution < -0.4 is 5.48 Å². The molecule has 0 saturated heterocycles. The van der Waals surface area contributed by atoms with Gasteiger partial charge in [0.15, 0.2) is 5.84 Å². The monoisotopic (exact) mass is 130 g/mol. The third-order valence-electron chi connectivity index (χ3n) is 0.605. The van der Waals surface area contributed by atoms with Gasteiger partial charge in [0.05, 0.1) is 0 Å². The Hall–Kier alpha value is -0.870. The van der Waals surface area contributed by atoms with Crippen molar-refractivity contribution in [2.75, 3.05) is 6.61 Å². The maximum absolute atomic E-state index is 8.38. The molecule has 0 atom stereocenters. The molecular formula is C5H10N2O2. The lowest BCUT2D eigenvalue weighted by atomic mass is 10.5. The van der Waals surface area contributed by atoms with Crippen LogP contribution in [-0.2, 0) is 0 Å². The summed E-state index contributed by atoms with van der Waals surface area (Å²) in [6.45, 7) is 4.78. The predicted molar refractivity (Wildman–Crippen MR) is 34.3 cm³/mol. The van der Waals surface area contributed by atoms with Crippen molar-refractivity contribution in [3.8, 4) is 0 Å². The van der Waals surface area contributed by atoms with Crippen LogP contribution in [-0.4, -0.2) is 22.8 Å². The summed E-state index contributed by atoms with van der Waals surface area (Å²) in [6, 6.07) is 0. The van der Waals surface area contributed by atoms with Crippen molar-refractivity contribution < 1.29 is 10.3 Å². The Morgan fingerprint density at radius 3 is 2.44 bits per heavy atom. The molecular weight excluding hydrogens is 120 g/mol. The van der Waals surface area contributed by atoms with Gasteiger partial charge in [-0.15, -0.1) is 0 Å². The molecule has 0 amide bonds. The summed E-state index contributed by atoms with van der Waals surface area (Å²) in [5, 5.41) is 16.6. The van der Waals surface area contributed by atoms with E-state index >= 15 is 0 Å². The van der Waals surface area contributed by atoms with Gasteiger partial charge in [-0.3, -0.25) is 10.7 Å². The van der Waals surface area contributed by atoms with Gasteiger partial charge in [-0.05, 0) is 6.92 Å². The summed E-state index contributed by atoms with van der Waals surface area (Å²) < 4.78 is 0. The zero-order valence-corrected chi connectivity index (χ0v) is 5.26. The van der Waals surface area contributed by atoms with E-state index in [0.29, 0.717) is 5.70 Å². The van der Waals surface area contributed by atoms with E-state index in [1.54, 1.807) is 12.4 Å². The maximum atomic E-state index is 8.38. The van der Waals surface area contributed by atoms with E-state index in [9.17, 15) is 0 Å². The van der Waals surface area contributed by atoms with Crippen LogP contribution in [0.4, 0.5) is 0 Å². The number of aliphatic imine (C=N–C) groups is 1. The zero-order chi connectivity index (χ0) is 7.28. The minimum Gasteiger partial charge on any atom is -0.388 e. The fourth-order valence-electron chi connectivity index (χ4n) is 0.326. The minimum absolute atomic E-state index is 0.0995. The van der Waals surface area contributed by atoms with Crippen LogP contribution in [0, 0.1) is 0 Å². The maximum Gasteiger partial charge on any atom is 0.151 e. The molecule has 0 aromatic heterocycles. The number of hydrogen-bond acceptors (Lipinski definition) is 3. The number of allylic oxidation sites excluding steroid dienone is 1. The molecule has 4 heteroatoms. The van der Waals surface area contributed by atoms with Gasteiger partial charge >= 0.3 is 0 Å². The first kappa shape index (κ1) is 8.13. The lowest BCUT2D eigenvalue weighted by Crippen LogP contribution is -2.22. The first-order valence-corrected chi connectivity index (χ1v) is 2.44. The Kier molecular flexibility index (Phi) is 3.66. The van der Waals surface area contributed by atoms with Crippen molar-refractivity contribution >= 4 is 5.84 Å². The lowest BCUT2D eigenvalue weighted by molar-refractivity contribution is 0.220. The molecule has 0 radical (unpaired) electrons. The SMILES string of the molecule is C=C(C)/N=C(/CO)NO. The molecule has 9 heavy (non-hydrogen) atoms. The van der Waals surface area contributed by atoms with E-state index in [4.69, 9.17) is 10.3 Å². The number of amidine groups is 1. The molecule has 0 aliphatic rings. The highest BCUT2D eigenvalue weighted by Gasteiger charge is 1.90. The van der Waals surface area contributed by atoms with E-state index in [0.717, 1.165) is 0 Å². The number of hydrogen-bond donors (Lipinski definition) is 3. The van der Waals surface area contributed by atoms with Crippen molar-refractivity contribution in [1.82, 2.24) is 5.48 Å². The van der Waals surface area contributed by atoms with E-state index in [2.05, 4.69) is 11.6 Å². The third-order valence-corrected chi connectivity index (χ3v) is 0.605. The molecule has 0 aromatic carbocycles. The number of hydroxylamine groups is 1. The van der Waals surface area contributed by atoms with Crippen LogP contribution >= 0.6 is 0 Å². The fraction of sp³-hybridized carbons (Fsp3) is 0.400. The average Bonchev–Trinajstić information content (AvgIpc) is 1.82. The molecule has 0 aromatic rings. The van der Waals surface area contributed by atoms with Crippen molar-refractivity contribution in [2.45, 2.75) is 6.92 Å². The largest absolute Gasteiger partial charge is 0.388 e. The summed E-state index contributed by atoms with van der Waals surface area (Å²) in [7, 11) is 0. The van der Waals surface area contributed by atoms with E-state index < -0.39 is 0 Å². The molecule has 52 valence electrons. The number of aliphatic hydroxyl groups is 1. The molecule has 0 fully saturated rings. The second-order valence-corrected chi connectivity index (χ2v) is 1.56. The van der Waals surface area contributed by atoms with Crippen molar-refractivity contribution in [2.24, 2.45) is 4.99 Å². The van der Waals surface area contributed by atoms with Crippen LogP contribution in [0.5, 0.6) is 0 Å². The van der Waals surface area contributed by atoms with Gasteiger partial charge in [0.2, 0.25) is 0 Å². The summed E-state index contributed by atoms with van der Waals surface area (Å²) in [6.07, 6.45) is 0. The van der Waals surface area contributed by atoms with Gasteiger partial charge in [0, 0.05) is 5.70 Å². The molecule has 0 heterocycles. The fourth-order valence-corrected chi connectivity index (χ4v) is 0.326. The molecule has 0 aliphatic carbocycles. The molecule has 0 bridgehead atoms. The van der Waals surface area contributed by atoms with E-state index in [1.165, 1.54) is 0 Å². The first-order valence-electron chi connectivity index (χ1n) is 2.44. The quantitative estimate of drug-likeness (QED) is 0.277. The van der Waals surface area contributed by atoms with Gasteiger partial charge < -0.3 is 5.11 Å². The highest BCUT2D eigenvalue weighted by molar-refractivity contribution is 5.82. The molecule has 3 N–H and O–H groups in total. The van der Waals surface area contributed by atoms with Crippen LogP contribution in [0.25, 0.3) is 0 Å². The van der Waals surface area contributed by atoms with Crippen molar-refractivity contribution in [1.29, 1.82) is 0 Å². The van der Waals surface area contributed by atoms with Crippen LogP contribution in [0.2, 0.25) is 0 Å². The Morgan fingerprint density at radius 2 is 2.33 bits per heavy atom. The van der Waals surface area contributed by atoms with Gasteiger partial charge in [-0.1, -0.05) is 6.58 Å². The summed E-state index contributed by atoms with van der Waals surface area (Å²) >= 11 is 0. The molecule has 0 spiro atoms. The summed E-state index contributed by atoms with van der Waals surface area (Å²) in [5.74, 6) is 0.0995. The molecule has 0 unspecified atom stereocenters. The Balaban J connectivity index is 3.91. The topological polar surface area (TPSA) is 64.9 Å². The third kappa shape index (κ3) is 3.69. The van der Waals surface area contributed by atoms with E-state index in [1.807, 2.05) is 0 Å². The second-order valence-electron chi connectivity index (χ2n) is 1.56. The number of aliphatic hydroxyl groups excluding tert-OH is 1. The normalized spacial score (nSPS) is 11.2. The van der Waals surface area contributed by atoms with Gasteiger partial charge in [-0.2, -0.15) is 0 Å². The molecule has 4 nitrogen and oxygen atoms in total. The predicted octanol–water partition coefficient (Wildman–Crippen LogP) is -0.110. The standard InChI is InChI=1S/C5H10N2O2/c1-4(2)6-5(3-8)7-9/h8-9H,1,3H2,2H3,(H,6,7). The number of nitrogens with zero attached hydrogens (tertiary/aromatic N) is 1. The molecule has 0 saturated carbocycles. The lowest BCUT2D eigenvalue weighted by Gasteiger charge is -1.97. The van der Waals surface area contributed by atoms with Crippen LogP contribution in [0.3, 0.4) is 0 Å². The first-order chi connectivity index (χ1) is 4.20. The number of rotatable bonds is 2. The van der Waals surface area contributed by atoms with E-state index in [-0.39, 0.29) is 12.4 Å². The highest BCUT2D eigenvalue weighted by atomic mass is 16.5. The second kappa shape index (κ2) is 4.05. The Bertz CT molecular complexity index is 125. The highest BCUT2D eigenvalue weighted by Crippen LogP contribution is 1.87. The van der Waals surface area contributed by atoms with Crippen molar-refractivity contribution in [3.63, 3.8) is 0 Å². The van der Waals surface area contributed by atoms with Gasteiger partial charge in [-0.25, -0.2) is 4.99 Å². The van der Waals surface area contributed by atoms with Gasteiger partial charge in [0.25, 0.3) is 0 Å². The minimum atomic E-state index is -0.316. The molecule has 0 rings (SSSR count). The zero-order valence-electron chi connectivity index (χ0n) is 5.26. The smallest absolute Gasteiger partial charge is 0.151 e. The number of nitrogens with one attached hydrogen (secondary N) is 1. The average molecular weight is 130 g/mol. The Labute approximate surface area is 53.5 Å². The van der Waals surface area contributed by atoms with Crippen LogP contribution in [0.15, 0.2) is 17.3 Å².